The van der Waals surface area contributed by atoms with Crippen molar-refractivity contribution >= 4 is 23.1 Å². The first kappa shape index (κ1) is 16.7. The summed E-state index contributed by atoms with van der Waals surface area (Å²) in [7, 11) is 0. The van der Waals surface area contributed by atoms with Crippen molar-refractivity contribution in [2.24, 2.45) is 0 Å². The summed E-state index contributed by atoms with van der Waals surface area (Å²) in [5, 5.41) is 5.32. The molecule has 0 radical (unpaired) electrons. The molecule has 0 bridgehead atoms. The first-order valence-corrected chi connectivity index (χ1v) is 9.23. The monoisotopic (exact) mass is 370 g/mol. The second-order valence-corrected chi connectivity index (χ2v) is 6.66. The van der Waals surface area contributed by atoms with Crippen LogP contribution in [0.4, 0.5) is 5.82 Å². The van der Waals surface area contributed by atoms with E-state index in [0.717, 1.165) is 42.7 Å². The van der Waals surface area contributed by atoms with Gasteiger partial charge in [0.15, 0.2) is 0 Å². The molecule has 8 heteroatoms. The molecule has 7 nitrogen and oxygen atoms in total. The predicted molar refractivity (Wildman–Crippen MR) is 98.3 cm³/mol. The number of pyridine rings is 1. The molecule has 3 aromatic rings. The molecule has 0 saturated carbocycles. The molecule has 1 N–H and O–H groups in total. The minimum atomic E-state index is -0.221. The second kappa shape index (κ2) is 7.67. The zero-order valence-electron chi connectivity index (χ0n) is 14.1. The summed E-state index contributed by atoms with van der Waals surface area (Å²) in [5.41, 5.74) is 1.30. The number of carbonyl (C=O) groups is 1. The molecule has 1 aliphatic rings. The number of nitrogens with one attached hydrogen (secondary N) is 1. The number of thiazole rings is 1. The summed E-state index contributed by atoms with van der Waals surface area (Å²) in [5.74, 6) is 1.42. The molecule has 134 valence electrons. The van der Waals surface area contributed by atoms with Gasteiger partial charge < -0.3 is 19.4 Å². The molecule has 0 aliphatic carbocycles. The Labute approximate surface area is 154 Å². The van der Waals surface area contributed by atoms with Crippen molar-refractivity contribution in [3.63, 3.8) is 0 Å². The van der Waals surface area contributed by atoms with E-state index in [-0.39, 0.29) is 5.91 Å². The predicted octanol–water partition coefficient (Wildman–Crippen LogP) is 2.56. The van der Waals surface area contributed by atoms with Crippen LogP contribution in [0.5, 0.6) is 0 Å². The number of carbonyl (C=O) groups excluding carboxylic acids is 1. The van der Waals surface area contributed by atoms with Crippen LogP contribution in [0.2, 0.25) is 0 Å². The third-order valence-corrected chi connectivity index (χ3v) is 4.96. The number of nitrogens with zero attached hydrogens (tertiary/aromatic N) is 3. The van der Waals surface area contributed by atoms with E-state index in [9.17, 15) is 4.79 Å². The average Bonchev–Trinajstić information content (AvgIpc) is 3.39. The number of furan rings is 1. The number of aromatic nitrogens is 2. The van der Waals surface area contributed by atoms with Gasteiger partial charge in [-0.25, -0.2) is 9.97 Å². The molecule has 4 heterocycles. The Balaban J connectivity index is 1.41. The fourth-order valence-corrected chi connectivity index (χ4v) is 3.46. The Bertz CT molecular complexity index is 855. The Morgan fingerprint density at radius 3 is 2.88 bits per heavy atom. The maximum Gasteiger partial charge on any atom is 0.271 e. The van der Waals surface area contributed by atoms with Crippen molar-refractivity contribution < 1.29 is 13.9 Å². The largest absolute Gasteiger partial charge is 0.467 e. The third kappa shape index (κ3) is 3.76. The van der Waals surface area contributed by atoms with E-state index in [2.05, 4.69) is 20.2 Å². The van der Waals surface area contributed by atoms with E-state index < -0.39 is 0 Å². The van der Waals surface area contributed by atoms with E-state index in [4.69, 9.17) is 9.15 Å². The molecule has 0 spiro atoms. The Kier molecular flexibility index (Phi) is 4.94. The summed E-state index contributed by atoms with van der Waals surface area (Å²) in [4.78, 5) is 23.4. The van der Waals surface area contributed by atoms with Crippen molar-refractivity contribution in [1.29, 1.82) is 0 Å². The number of rotatable bonds is 5. The summed E-state index contributed by atoms with van der Waals surface area (Å²) in [6.45, 7) is 3.50. The molecule has 0 aromatic carbocycles. The van der Waals surface area contributed by atoms with Gasteiger partial charge >= 0.3 is 0 Å². The molecule has 1 aliphatic heterocycles. The van der Waals surface area contributed by atoms with Gasteiger partial charge in [0.05, 0.1) is 26.0 Å². The molecule has 0 atom stereocenters. The molecule has 1 amide bonds. The average molecular weight is 370 g/mol. The second-order valence-electron chi connectivity index (χ2n) is 5.80. The first-order valence-electron chi connectivity index (χ1n) is 8.35. The van der Waals surface area contributed by atoms with Crippen LogP contribution in [0, 0.1) is 0 Å². The van der Waals surface area contributed by atoms with Gasteiger partial charge in [0, 0.05) is 30.2 Å². The number of hydrogen-bond donors (Lipinski definition) is 1. The maximum atomic E-state index is 12.2. The smallest absolute Gasteiger partial charge is 0.271 e. The van der Waals surface area contributed by atoms with Crippen molar-refractivity contribution in [3.8, 4) is 10.6 Å². The summed E-state index contributed by atoms with van der Waals surface area (Å²) in [6, 6.07) is 7.57. The van der Waals surface area contributed by atoms with Gasteiger partial charge in [-0.1, -0.05) is 0 Å². The first-order chi connectivity index (χ1) is 12.8. The molecule has 4 rings (SSSR count). The number of hydrogen-bond acceptors (Lipinski definition) is 7. The van der Waals surface area contributed by atoms with Crippen LogP contribution in [0.1, 0.15) is 16.2 Å². The third-order valence-electron chi connectivity index (χ3n) is 4.07. The van der Waals surface area contributed by atoms with Crippen molar-refractivity contribution in [1.82, 2.24) is 15.3 Å². The molecule has 0 unspecified atom stereocenters. The van der Waals surface area contributed by atoms with Crippen molar-refractivity contribution in [2.75, 3.05) is 31.2 Å². The SMILES string of the molecule is O=C(NCc1ccco1)c1csc(-c2ccc(N3CCOCC3)nc2)n1. The lowest BCUT2D eigenvalue weighted by molar-refractivity contribution is 0.0944. The van der Waals surface area contributed by atoms with E-state index >= 15 is 0 Å². The van der Waals surface area contributed by atoms with Gasteiger partial charge in [0.25, 0.3) is 5.91 Å². The number of anilines is 1. The lowest BCUT2D eigenvalue weighted by Crippen LogP contribution is -2.36. The highest BCUT2D eigenvalue weighted by atomic mass is 32.1. The van der Waals surface area contributed by atoms with Crippen LogP contribution in [-0.4, -0.2) is 42.2 Å². The molecular formula is C18H18N4O3S. The van der Waals surface area contributed by atoms with Gasteiger partial charge in [-0.15, -0.1) is 11.3 Å². The standard InChI is InChI=1S/C18H18N4O3S/c23-17(20-11-14-2-1-7-25-14)15-12-26-18(21-15)13-3-4-16(19-10-13)22-5-8-24-9-6-22/h1-4,7,10,12H,5-6,8-9,11H2,(H,20,23). The minimum Gasteiger partial charge on any atom is -0.467 e. The topological polar surface area (TPSA) is 80.5 Å². The fraction of sp³-hybridized carbons (Fsp3) is 0.278. The normalized spacial score (nSPS) is 14.4. The summed E-state index contributed by atoms with van der Waals surface area (Å²) in [6.07, 6.45) is 3.38. The highest BCUT2D eigenvalue weighted by Crippen LogP contribution is 2.25. The van der Waals surface area contributed by atoms with Crippen LogP contribution >= 0.6 is 11.3 Å². The van der Waals surface area contributed by atoms with E-state index in [1.807, 2.05) is 18.2 Å². The van der Waals surface area contributed by atoms with Crippen molar-refractivity contribution in [3.05, 3.63) is 53.6 Å². The van der Waals surface area contributed by atoms with Crippen LogP contribution in [-0.2, 0) is 11.3 Å². The number of amides is 1. The van der Waals surface area contributed by atoms with Gasteiger partial charge in [0.1, 0.15) is 22.3 Å². The van der Waals surface area contributed by atoms with Gasteiger partial charge in [0.2, 0.25) is 0 Å². The van der Waals surface area contributed by atoms with Crippen LogP contribution in [0.15, 0.2) is 46.5 Å². The zero-order valence-corrected chi connectivity index (χ0v) is 14.9. The van der Waals surface area contributed by atoms with E-state index in [1.54, 1.807) is 23.9 Å². The lowest BCUT2D eigenvalue weighted by atomic mass is 10.3. The minimum absolute atomic E-state index is 0.221. The zero-order chi connectivity index (χ0) is 17.8. The molecule has 1 fully saturated rings. The van der Waals surface area contributed by atoms with Gasteiger partial charge in [-0.05, 0) is 24.3 Å². The highest BCUT2D eigenvalue weighted by Gasteiger charge is 2.15. The van der Waals surface area contributed by atoms with E-state index in [1.165, 1.54) is 11.3 Å². The fourth-order valence-electron chi connectivity index (χ4n) is 2.67. The maximum absolute atomic E-state index is 12.2. The lowest BCUT2D eigenvalue weighted by Gasteiger charge is -2.27. The highest BCUT2D eigenvalue weighted by molar-refractivity contribution is 7.13. The van der Waals surface area contributed by atoms with Gasteiger partial charge in [-0.2, -0.15) is 0 Å². The van der Waals surface area contributed by atoms with Crippen LogP contribution < -0.4 is 10.2 Å². The van der Waals surface area contributed by atoms with Crippen LogP contribution in [0.3, 0.4) is 0 Å². The Morgan fingerprint density at radius 1 is 1.27 bits per heavy atom. The summed E-state index contributed by atoms with van der Waals surface area (Å²) >= 11 is 1.43. The van der Waals surface area contributed by atoms with Crippen molar-refractivity contribution in [2.45, 2.75) is 6.54 Å². The molecule has 3 aromatic heterocycles. The van der Waals surface area contributed by atoms with Gasteiger partial charge in [-0.3, -0.25) is 4.79 Å². The molecular weight excluding hydrogens is 352 g/mol. The van der Waals surface area contributed by atoms with E-state index in [0.29, 0.717) is 18.0 Å². The summed E-state index contributed by atoms with van der Waals surface area (Å²) < 4.78 is 10.6. The number of morpholine rings is 1. The van der Waals surface area contributed by atoms with Crippen LogP contribution in [0.25, 0.3) is 10.6 Å². The Morgan fingerprint density at radius 2 is 2.15 bits per heavy atom. The Hall–Kier alpha value is -2.71. The molecule has 26 heavy (non-hydrogen) atoms. The quantitative estimate of drug-likeness (QED) is 0.743. The number of ether oxygens (including phenoxy) is 1. The molecule has 1 saturated heterocycles.